The molecule has 21 heavy (non-hydrogen) atoms. The van der Waals surface area contributed by atoms with Crippen molar-refractivity contribution in [1.82, 2.24) is 9.97 Å². The first kappa shape index (κ1) is 14.3. The predicted octanol–water partition coefficient (Wildman–Crippen LogP) is 2.67. The zero-order chi connectivity index (χ0) is 14.7. The maximum Gasteiger partial charge on any atom is 0.147 e. The van der Waals surface area contributed by atoms with Gasteiger partial charge in [0.05, 0.1) is 12.4 Å². The fourth-order valence-electron chi connectivity index (χ4n) is 2.83. The van der Waals surface area contributed by atoms with Crippen LogP contribution in [0, 0.1) is 0 Å². The van der Waals surface area contributed by atoms with E-state index in [2.05, 4.69) is 39.1 Å². The molecule has 1 aromatic heterocycles. The average Bonchev–Trinajstić information content (AvgIpc) is 2.50. The SMILES string of the molecule is NC1(Cc2ccccc2)CCN(c2cnc(Cl)cn2)CC1. The number of halogens is 1. The Morgan fingerprint density at radius 1 is 1.10 bits per heavy atom. The summed E-state index contributed by atoms with van der Waals surface area (Å²) in [6.07, 6.45) is 6.14. The van der Waals surface area contributed by atoms with Gasteiger partial charge in [0.25, 0.3) is 0 Å². The van der Waals surface area contributed by atoms with E-state index in [9.17, 15) is 0 Å². The molecule has 0 unspecified atom stereocenters. The van der Waals surface area contributed by atoms with Gasteiger partial charge in [-0.05, 0) is 24.8 Å². The zero-order valence-corrected chi connectivity index (χ0v) is 12.6. The minimum absolute atomic E-state index is 0.127. The van der Waals surface area contributed by atoms with Crippen molar-refractivity contribution in [2.75, 3.05) is 18.0 Å². The normalized spacial score (nSPS) is 17.7. The first-order valence-corrected chi connectivity index (χ1v) is 7.58. The Kier molecular flexibility index (Phi) is 4.08. The van der Waals surface area contributed by atoms with Gasteiger partial charge in [0, 0.05) is 18.6 Å². The molecule has 1 aromatic carbocycles. The van der Waals surface area contributed by atoms with Crippen LogP contribution in [0.3, 0.4) is 0 Å². The lowest BCUT2D eigenvalue weighted by Crippen LogP contribution is -2.52. The summed E-state index contributed by atoms with van der Waals surface area (Å²) in [6, 6.07) is 10.5. The van der Waals surface area contributed by atoms with E-state index in [4.69, 9.17) is 17.3 Å². The van der Waals surface area contributed by atoms with E-state index in [1.54, 1.807) is 12.4 Å². The van der Waals surface area contributed by atoms with Gasteiger partial charge in [-0.1, -0.05) is 41.9 Å². The number of anilines is 1. The standard InChI is InChI=1S/C16H19ClN4/c17-14-11-20-15(12-19-14)21-8-6-16(18,7-9-21)10-13-4-2-1-3-5-13/h1-5,11-12H,6-10,18H2. The van der Waals surface area contributed by atoms with Gasteiger partial charge in [0.15, 0.2) is 0 Å². The van der Waals surface area contributed by atoms with Gasteiger partial charge in [-0.25, -0.2) is 9.97 Å². The Labute approximate surface area is 130 Å². The summed E-state index contributed by atoms with van der Waals surface area (Å²) in [5, 5.41) is 0.424. The molecule has 0 atom stereocenters. The number of rotatable bonds is 3. The van der Waals surface area contributed by atoms with Gasteiger partial charge >= 0.3 is 0 Å². The molecule has 0 amide bonds. The fourth-order valence-corrected chi connectivity index (χ4v) is 2.93. The number of aromatic nitrogens is 2. The number of benzene rings is 1. The van der Waals surface area contributed by atoms with Crippen LogP contribution in [0.2, 0.25) is 5.15 Å². The number of nitrogens with two attached hydrogens (primary N) is 1. The summed E-state index contributed by atoms with van der Waals surface area (Å²) in [4.78, 5) is 10.6. The summed E-state index contributed by atoms with van der Waals surface area (Å²) in [5.74, 6) is 0.876. The molecular weight excluding hydrogens is 284 g/mol. The van der Waals surface area contributed by atoms with Crippen LogP contribution in [0.5, 0.6) is 0 Å². The number of hydrogen-bond donors (Lipinski definition) is 1. The lowest BCUT2D eigenvalue weighted by atomic mass is 9.83. The van der Waals surface area contributed by atoms with E-state index in [1.807, 2.05) is 6.07 Å². The van der Waals surface area contributed by atoms with Crippen LogP contribution in [0.25, 0.3) is 0 Å². The van der Waals surface area contributed by atoms with Crippen LogP contribution < -0.4 is 10.6 Å². The molecule has 0 spiro atoms. The van der Waals surface area contributed by atoms with Crippen molar-refractivity contribution < 1.29 is 0 Å². The molecule has 1 fully saturated rings. The molecule has 0 bridgehead atoms. The van der Waals surface area contributed by atoms with Gasteiger partial charge in [0.2, 0.25) is 0 Å². The van der Waals surface area contributed by atoms with Crippen LogP contribution in [-0.2, 0) is 6.42 Å². The molecule has 2 N–H and O–H groups in total. The summed E-state index contributed by atoms with van der Waals surface area (Å²) >= 11 is 5.77. The van der Waals surface area contributed by atoms with Crippen molar-refractivity contribution in [2.45, 2.75) is 24.8 Å². The first-order valence-electron chi connectivity index (χ1n) is 7.20. The molecule has 3 rings (SSSR count). The van der Waals surface area contributed by atoms with Crippen LogP contribution in [0.1, 0.15) is 18.4 Å². The molecule has 5 heteroatoms. The summed E-state index contributed by atoms with van der Waals surface area (Å²) in [6.45, 7) is 1.80. The Morgan fingerprint density at radius 2 is 1.81 bits per heavy atom. The number of nitrogens with zero attached hydrogens (tertiary/aromatic N) is 3. The van der Waals surface area contributed by atoms with Gasteiger partial charge < -0.3 is 10.6 Å². The lowest BCUT2D eigenvalue weighted by molar-refractivity contribution is 0.330. The topological polar surface area (TPSA) is 55.0 Å². The third-order valence-electron chi connectivity index (χ3n) is 4.09. The predicted molar refractivity (Wildman–Crippen MR) is 85.6 cm³/mol. The molecule has 4 nitrogen and oxygen atoms in total. The second-order valence-electron chi connectivity index (χ2n) is 5.71. The molecule has 1 saturated heterocycles. The van der Waals surface area contributed by atoms with Crippen molar-refractivity contribution in [1.29, 1.82) is 0 Å². The molecular formula is C16H19ClN4. The van der Waals surface area contributed by atoms with Crippen LogP contribution >= 0.6 is 11.6 Å². The lowest BCUT2D eigenvalue weighted by Gasteiger charge is -2.39. The Morgan fingerprint density at radius 3 is 2.43 bits per heavy atom. The molecule has 2 aromatic rings. The quantitative estimate of drug-likeness (QED) is 0.947. The van der Waals surface area contributed by atoms with Crippen molar-refractivity contribution in [3.05, 3.63) is 53.4 Å². The molecule has 0 radical (unpaired) electrons. The largest absolute Gasteiger partial charge is 0.355 e. The van der Waals surface area contributed by atoms with Crippen molar-refractivity contribution in [3.8, 4) is 0 Å². The van der Waals surface area contributed by atoms with E-state index < -0.39 is 0 Å². The third kappa shape index (κ3) is 3.52. The van der Waals surface area contributed by atoms with Crippen molar-refractivity contribution in [2.24, 2.45) is 5.73 Å². The monoisotopic (exact) mass is 302 g/mol. The second kappa shape index (κ2) is 6.00. The van der Waals surface area contributed by atoms with E-state index in [1.165, 1.54) is 5.56 Å². The minimum Gasteiger partial charge on any atom is -0.355 e. The van der Waals surface area contributed by atoms with Gasteiger partial charge in [-0.2, -0.15) is 0 Å². The summed E-state index contributed by atoms with van der Waals surface area (Å²) in [5.41, 5.74) is 7.75. The van der Waals surface area contributed by atoms with Crippen molar-refractivity contribution >= 4 is 17.4 Å². The highest BCUT2D eigenvalue weighted by Gasteiger charge is 2.31. The van der Waals surface area contributed by atoms with Gasteiger partial charge in [0.1, 0.15) is 11.0 Å². The Hall–Kier alpha value is -1.65. The summed E-state index contributed by atoms with van der Waals surface area (Å²) in [7, 11) is 0. The van der Waals surface area contributed by atoms with Gasteiger partial charge in [-0.3, -0.25) is 0 Å². The molecule has 0 saturated carbocycles. The van der Waals surface area contributed by atoms with Crippen molar-refractivity contribution in [3.63, 3.8) is 0 Å². The van der Waals surface area contributed by atoms with E-state index in [0.29, 0.717) is 5.15 Å². The highest BCUT2D eigenvalue weighted by molar-refractivity contribution is 6.29. The first-order chi connectivity index (χ1) is 10.1. The third-order valence-corrected chi connectivity index (χ3v) is 4.28. The highest BCUT2D eigenvalue weighted by atomic mass is 35.5. The second-order valence-corrected chi connectivity index (χ2v) is 6.10. The van der Waals surface area contributed by atoms with Crippen LogP contribution in [0.4, 0.5) is 5.82 Å². The maximum atomic E-state index is 6.57. The molecule has 1 aliphatic rings. The smallest absolute Gasteiger partial charge is 0.147 e. The van der Waals surface area contributed by atoms with E-state index in [-0.39, 0.29) is 5.54 Å². The molecule has 1 aliphatic heterocycles. The number of hydrogen-bond acceptors (Lipinski definition) is 4. The zero-order valence-electron chi connectivity index (χ0n) is 11.9. The van der Waals surface area contributed by atoms with Crippen LogP contribution in [-0.4, -0.2) is 28.6 Å². The molecule has 2 heterocycles. The van der Waals surface area contributed by atoms with Crippen LogP contribution in [0.15, 0.2) is 42.7 Å². The maximum absolute atomic E-state index is 6.57. The highest BCUT2D eigenvalue weighted by Crippen LogP contribution is 2.26. The number of piperidine rings is 1. The average molecular weight is 303 g/mol. The summed E-state index contributed by atoms with van der Waals surface area (Å²) < 4.78 is 0. The Bertz CT molecular complexity index is 577. The Balaban J connectivity index is 1.63. The molecule has 110 valence electrons. The molecule has 0 aliphatic carbocycles. The van der Waals surface area contributed by atoms with Gasteiger partial charge in [-0.15, -0.1) is 0 Å². The fraction of sp³-hybridized carbons (Fsp3) is 0.375. The van der Waals surface area contributed by atoms with E-state index >= 15 is 0 Å². The minimum atomic E-state index is -0.127. The van der Waals surface area contributed by atoms with E-state index in [0.717, 1.165) is 38.2 Å².